The molecule has 1 N–H and O–H groups in total. The Morgan fingerprint density at radius 2 is 1.85 bits per heavy atom. The molecular weight excluding hydrogens is 390 g/mol. The lowest BCUT2D eigenvalue weighted by Crippen LogP contribution is -2.40. The number of rotatable bonds is 7. The van der Waals surface area contributed by atoms with Gasteiger partial charge in [-0.1, -0.05) is 11.6 Å². The fraction of sp³-hybridized carbons (Fsp3) is 0.611. The Balaban J connectivity index is 1.62. The lowest BCUT2D eigenvalue weighted by atomic mass is 10.2. The van der Waals surface area contributed by atoms with Gasteiger partial charge in [-0.25, -0.2) is 8.42 Å². The number of likely N-dealkylation sites (tertiary alicyclic amines) is 1. The molecule has 3 rings (SSSR count). The van der Waals surface area contributed by atoms with Gasteiger partial charge < -0.3 is 15.0 Å². The second-order valence-corrected chi connectivity index (χ2v) is 9.13. The average Bonchev–Trinajstić information content (AvgIpc) is 3.19. The number of nitrogens with zero attached hydrogens (tertiary/aromatic N) is 2. The molecule has 150 valence electrons. The maximum Gasteiger partial charge on any atom is 0.251 e. The van der Waals surface area contributed by atoms with Crippen LogP contribution in [0.5, 0.6) is 0 Å². The van der Waals surface area contributed by atoms with Crippen molar-refractivity contribution in [2.24, 2.45) is 0 Å². The monoisotopic (exact) mass is 415 g/mol. The van der Waals surface area contributed by atoms with Gasteiger partial charge in [-0.3, -0.25) is 4.79 Å². The van der Waals surface area contributed by atoms with Crippen LogP contribution in [-0.2, 0) is 14.8 Å². The van der Waals surface area contributed by atoms with Crippen molar-refractivity contribution >= 4 is 27.5 Å². The number of sulfonamides is 1. The van der Waals surface area contributed by atoms with Crippen molar-refractivity contribution in [2.75, 3.05) is 52.5 Å². The minimum atomic E-state index is -3.75. The van der Waals surface area contributed by atoms with Crippen LogP contribution in [0.25, 0.3) is 0 Å². The summed E-state index contributed by atoms with van der Waals surface area (Å²) < 4.78 is 32.2. The lowest BCUT2D eigenvalue weighted by molar-refractivity contribution is 0.0730. The van der Waals surface area contributed by atoms with Gasteiger partial charge in [-0.2, -0.15) is 4.31 Å². The molecule has 2 fully saturated rings. The van der Waals surface area contributed by atoms with Gasteiger partial charge in [-0.15, -0.1) is 0 Å². The van der Waals surface area contributed by atoms with Crippen LogP contribution in [0.1, 0.15) is 29.6 Å². The SMILES string of the molecule is O=C(NCCCN1CCCC1)c1ccc(Cl)c(S(=O)(=O)N2CCOCC2)c1. The van der Waals surface area contributed by atoms with Crippen molar-refractivity contribution in [3.8, 4) is 0 Å². The molecule has 0 atom stereocenters. The molecule has 0 unspecified atom stereocenters. The van der Waals surface area contributed by atoms with E-state index in [1.807, 2.05) is 0 Å². The van der Waals surface area contributed by atoms with Crippen molar-refractivity contribution in [1.29, 1.82) is 0 Å². The highest BCUT2D eigenvalue weighted by atomic mass is 35.5. The maximum atomic E-state index is 12.8. The van der Waals surface area contributed by atoms with Crippen LogP contribution in [0.3, 0.4) is 0 Å². The predicted octanol–water partition coefficient (Wildman–Crippen LogP) is 1.58. The molecule has 2 saturated heterocycles. The van der Waals surface area contributed by atoms with Crippen LogP contribution in [0.15, 0.2) is 23.1 Å². The van der Waals surface area contributed by atoms with E-state index in [4.69, 9.17) is 16.3 Å². The normalized spacial score (nSPS) is 19.3. The molecule has 0 aromatic heterocycles. The maximum absolute atomic E-state index is 12.8. The van der Waals surface area contributed by atoms with E-state index < -0.39 is 10.0 Å². The number of carbonyl (C=O) groups excluding carboxylic acids is 1. The number of carbonyl (C=O) groups is 1. The van der Waals surface area contributed by atoms with E-state index in [1.54, 1.807) is 6.07 Å². The van der Waals surface area contributed by atoms with Crippen molar-refractivity contribution in [3.63, 3.8) is 0 Å². The third-order valence-electron chi connectivity index (χ3n) is 4.92. The molecule has 27 heavy (non-hydrogen) atoms. The standard InChI is InChI=1S/C18H26ClN3O4S/c19-16-5-4-15(18(23)20-6-3-9-21-7-1-2-8-21)14-17(16)27(24,25)22-10-12-26-13-11-22/h4-5,14H,1-3,6-13H2,(H,20,23). The highest BCUT2D eigenvalue weighted by Crippen LogP contribution is 2.26. The zero-order valence-electron chi connectivity index (χ0n) is 15.3. The number of amides is 1. The summed E-state index contributed by atoms with van der Waals surface area (Å²) in [6, 6.07) is 4.38. The van der Waals surface area contributed by atoms with Crippen LogP contribution in [0.2, 0.25) is 5.02 Å². The molecule has 0 saturated carbocycles. The molecule has 2 aliphatic rings. The molecule has 9 heteroatoms. The van der Waals surface area contributed by atoms with E-state index in [1.165, 1.54) is 29.3 Å². The van der Waals surface area contributed by atoms with E-state index in [0.29, 0.717) is 25.3 Å². The summed E-state index contributed by atoms with van der Waals surface area (Å²) in [7, 11) is -3.75. The lowest BCUT2D eigenvalue weighted by Gasteiger charge is -2.26. The number of morpholine rings is 1. The Bertz CT molecular complexity index is 760. The van der Waals surface area contributed by atoms with E-state index in [0.717, 1.165) is 26.1 Å². The third-order valence-corrected chi connectivity index (χ3v) is 7.30. The smallest absolute Gasteiger partial charge is 0.251 e. The van der Waals surface area contributed by atoms with Crippen molar-refractivity contribution < 1.29 is 17.9 Å². The second kappa shape index (κ2) is 9.34. The van der Waals surface area contributed by atoms with Gasteiger partial charge in [0, 0.05) is 25.2 Å². The number of ether oxygens (including phenoxy) is 1. The first-order valence-corrected chi connectivity index (χ1v) is 11.2. The fourth-order valence-corrected chi connectivity index (χ4v) is 5.29. The van der Waals surface area contributed by atoms with E-state index >= 15 is 0 Å². The summed E-state index contributed by atoms with van der Waals surface area (Å²) in [5.41, 5.74) is 0.299. The molecule has 2 aliphatic heterocycles. The minimum Gasteiger partial charge on any atom is -0.379 e. The Labute approximate surface area is 165 Å². The number of halogens is 1. The summed E-state index contributed by atoms with van der Waals surface area (Å²) >= 11 is 6.13. The molecule has 1 aromatic rings. The Morgan fingerprint density at radius 3 is 2.56 bits per heavy atom. The van der Waals surface area contributed by atoms with Gasteiger partial charge in [0.2, 0.25) is 10.0 Å². The van der Waals surface area contributed by atoms with Gasteiger partial charge in [-0.05, 0) is 57.1 Å². The Kier molecular flexibility index (Phi) is 7.10. The molecule has 1 aromatic carbocycles. The number of hydrogen-bond donors (Lipinski definition) is 1. The molecule has 0 bridgehead atoms. The quantitative estimate of drug-likeness (QED) is 0.684. The summed E-state index contributed by atoms with van der Waals surface area (Å²) in [6.07, 6.45) is 3.37. The average molecular weight is 416 g/mol. The zero-order chi connectivity index (χ0) is 19.3. The van der Waals surface area contributed by atoms with Crippen LogP contribution >= 0.6 is 11.6 Å². The Hall–Kier alpha value is -1.19. The van der Waals surface area contributed by atoms with Gasteiger partial charge in [0.25, 0.3) is 5.91 Å². The molecule has 0 spiro atoms. The van der Waals surface area contributed by atoms with Crippen LogP contribution in [0, 0.1) is 0 Å². The summed E-state index contributed by atoms with van der Waals surface area (Å²) in [4.78, 5) is 14.8. The minimum absolute atomic E-state index is 0.0317. The summed E-state index contributed by atoms with van der Waals surface area (Å²) in [6.45, 7) is 5.07. The number of nitrogens with one attached hydrogen (secondary N) is 1. The summed E-state index contributed by atoms with van der Waals surface area (Å²) in [5, 5.41) is 2.98. The topological polar surface area (TPSA) is 79.0 Å². The molecule has 7 nitrogen and oxygen atoms in total. The number of hydrogen-bond acceptors (Lipinski definition) is 5. The first-order chi connectivity index (χ1) is 13.0. The number of benzene rings is 1. The van der Waals surface area contributed by atoms with E-state index in [-0.39, 0.29) is 28.9 Å². The van der Waals surface area contributed by atoms with Crippen molar-refractivity contribution in [2.45, 2.75) is 24.2 Å². The molecule has 0 radical (unpaired) electrons. The first kappa shape index (κ1) is 20.5. The van der Waals surface area contributed by atoms with Gasteiger partial charge in [0.1, 0.15) is 4.90 Å². The second-order valence-electron chi connectivity index (χ2n) is 6.82. The Morgan fingerprint density at radius 1 is 1.15 bits per heavy atom. The van der Waals surface area contributed by atoms with Gasteiger partial charge >= 0.3 is 0 Å². The largest absolute Gasteiger partial charge is 0.379 e. The van der Waals surface area contributed by atoms with Crippen molar-refractivity contribution in [1.82, 2.24) is 14.5 Å². The predicted molar refractivity (Wildman–Crippen MR) is 104 cm³/mol. The van der Waals surface area contributed by atoms with Crippen LogP contribution in [0.4, 0.5) is 0 Å². The highest BCUT2D eigenvalue weighted by Gasteiger charge is 2.29. The van der Waals surface area contributed by atoms with Gasteiger partial charge in [0.15, 0.2) is 0 Å². The van der Waals surface area contributed by atoms with Gasteiger partial charge in [0.05, 0.1) is 18.2 Å². The molecule has 1 amide bonds. The summed E-state index contributed by atoms with van der Waals surface area (Å²) in [5.74, 6) is -0.286. The van der Waals surface area contributed by atoms with E-state index in [9.17, 15) is 13.2 Å². The first-order valence-electron chi connectivity index (χ1n) is 9.36. The fourth-order valence-electron chi connectivity index (χ4n) is 3.38. The van der Waals surface area contributed by atoms with Crippen molar-refractivity contribution in [3.05, 3.63) is 28.8 Å². The molecular formula is C18H26ClN3O4S. The highest BCUT2D eigenvalue weighted by molar-refractivity contribution is 7.89. The molecule has 0 aliphatic carbocycles. The third kappa shape index (κ3) is 5.20. The van der Waals surface area contributed by atoms with Crippen LogP contribution in [-0.4, -0.2) is 76.0 Å². The van der Waals surface area contributed by atoms with Crippen LogP contribution < -0.4 is 5.32 Å². The zero-order valence-corrected chi connectivity index (χ0v) is 16.9. The molecule has 2 heterocycles. The van der Waals surface area contributed by atoms with E-state index in [2.05, 4.69) is 10.2 Å².